The molecule has 1 N–H and O–H groups in total. The van der Waals surface area contributed by atoms with Gasteiger partial charge in [-0.15, -0.1) is 0 Å². The molecule has 5 nitrogen and oxygen atoms in total. The van der Waals surface area contributed by atoms with Gasteiger partial charge in [0.1, 0.15) is 12.6 Å². The molecule has 1 saturated carbocycles. The Hall–Kier alpha value is -2.82. The van der Waals surface area contributed by atoms with Gasteiger partial charge >= 0.3 is 12.1 Å². The van der Waals surface area contributed by atoms with Crippen molar-refractivity contribution in [3.8, 4) is 11.1 Å². The Balaban J connectivity index is 1.50. The molecule has 1 fully saturated rings. The maximum atomic E-state index is 13.0. The van der Waals surface area contributed by atoms with Gasteiger partial charge in [-0.2, -0.15) is 0 Å². The molecule has 0 radical (unpaired) electrons. The second-order valence-corrected chi connectivity index (χ2v) is 8.89. The summed E-state index contributed by atoms with van der Waals surface area (Å²) in [5.74, 6) is -0.367. The van der Waals surface area contributed by atoms with Crippen molar-refractivity contribution < 1.29 is 19.4 Å². The molecule has 164 valence electrons. The molecular weight excluding hydrogens is 390 g/mol. The molecule has 0 spiro atoms. The quantitative estimate of drug-likeness (QED) is 0.665. The van der Waals surface area contributed by atoms with E-state index in [9.17, 15) is 14.7 Å². The number of likely N-dealkylation sites (N-methyl/N-ethyl adjacent to an activating group) is 1. The standard InChI is InChI=1S/C26H31NO4/c1-3-27(24(25(28)29)18-14-12-17(2)13-15-18)26(30)31-16-23-21-10-6-4-8-19(21)20-9-5-7-11-22(20)23/h4-11,17-18,23-24H,3,12-16H2,1-2H3,(H,28,29). The average Bonchev–Trinajstić information content (AvgIpc) is 3.10. The van der Waals surface area contributed by atoms with Gasteiger partial charge in [-0.1, -0.05) is 68.3 Å². The number of carbonyl (C=O) groups is 2. The van der Waals surface area contributed by atoms with Crippen LogP contribution in [0.25, 0.3) is 11.1 Å². The topological polar surface area (TPSA) is 66.8 Å². The van der Waals surface area contributed by atoms with Crippen molar-refractivity contribution in [2.75, 3.05) is 13.2 Å². The van der Waals surface area contributed by atoms with E-state index in [1.807, 2.05) is 31.2 Å². The highest BCUT2D eigenvalue weighted by Crippen LogP contribution is 2.44. The molecule has 2 aliphatic carbocycles. The van der Waals surface area contributed by atoms with Gasteiger partial charge in [0.15, 0.2) is 0 Å². The number of rotatable bonds is 6. The molecule has 1 atom stereocenters. The van der Waals surface area contributed by atoms with Crippen molar-refractivity contribution in [2.24, 2.45) is 11.8 Å². The summed E-state index contributed by atoms with van der Waals surface area (Å²) < 4.78 is 5.76. The number of benzene rings is 2. The first-order valence-corrected chi connectivity index (χ1v) is 11.4. The summed E-state index contributed by atoms with van der Waals surface area (Å²) in [5, 5.41) is 9.93. The van der Waals surface area contributed by atoms with Crippen LogP contribution in [0.1, 0.15) is 56.6 Å². The number of hydrogen-bond acceptors (Lipinski definition) is 3. The minimum Gasteiger partial charge on any atom is -0.480 e. The first-order chi connectivity index (χ1) is 15.0. The second kappa shape index (κ2) is 9.13. The summed E-state index contributed by atoms with van der Waals surface area (Å²) in [6, 6.07) is 15.6. The van der Waals surface area contributed by atoms with E-state index < -0.39 is 18.1 Å². The lowest BCUT2D eigenvalue weighted by Gasteiger charge is -2.36. The number of carboxylic acids is 1. The van der Waals surface area contributed by atoms with Crippen LogP contribution in [-0.4, -0.2) is 41.3 Å². The maximum Gasteiger partial charge on any atom is 0.410 e. The third kappa shape index (κ3) is 4.18. The van der Waals surface area contributed by atoms with E-state index in [0.717, 1.165) is 36.8 Å². The SMILES string of the molecule is CCN(C(=O)OCC1c2ccccc2-c2ccccc21)C(C(=O)O)C1CCC(C)CC1. The number of hydrogen-bond donors (Lipinski definition) is 1. The highest BCUT2D eigenvalue weighted by molar-refractivity contribution is 5.81. The maximum absolute atomic E-state index is 13.0. The Kier molecular flexibility index (Phi) is 6.30. The molecule has 0 saturated heterocycles. The molecule has 0 aromatic heterocycles. The van der Waals surface area contributed by atoms with Crippen molar-refractivity contribution in [1.29, 1.82) is 0 Å². The summed E-state index contributed by atoms with van der Waals surface area (Å²) in [4.78, 5) is 26.6. The molecular formula is C26H31NO4. The smallest absolute Gasteiger partial charge is 0.410 e. The van der Waals surface area contributed by atoms with Gasteiger partial charge in [-0.25, -0.2) is 9.59 Å². The third-order valence-electron chi connectivity index (χ3n) is 7.01. The molecule has 4 rings (SSSR count). The number of ether oxygens (including phenoxy) is 1. The van der Waals surface area contributed by atoms with Crippen LogP contribution in [-0.2, 0) is 9.53 Å². The van der Waals surface area contributed by atoms with Crippen LogP contribution in [0.3, 0.4) is 0 Å². The van der Waals surface area contributed by atoms with E-state index >= 15 is 0 Å². The monoisotopic (exact) mass is 421 g/mol. The zero-order valence-corrected chi connectivity index (χ0v) is 18.3. The van der Waals surface area contributed by atoms with Crippen LogP contribution in [0.15, 0.2) is 48.5 Å². The van der Waals surface area contributed by atoms with Gasteiger partial charge in [-0.05, 0) is 53.9 Å². The van der Waals surface area contributed by atoms with Gasteiger partial charge in [0, 0.05) is 12.5 Å². The number of amides is 1. The van der Waals surface area contributed by atoms with E-state index in [2.05, 4.69) is 31.2 Å². The normalized spacial score (nSPS) is 21.1. The summed E-state index contributed by atoms with van der Waals surface area (Å²) >= 11 is 0. The predicted octanol–water partition coefficient (Wildman–Crippen LogP) is 5.54. The summed E-state index contributed by atoms with van der Waals surface area (Å²) in [6.45, 7) is 4.55. The minimum atomic E-state index is -0.935. The molecule has 2 aromatic rings. The lowest BCUT2D eigenvalue weighted by Crippen LogP contribution is -2.50. The Morgan fingerprint density at radius 1 is 1.00 bits per heavy atom. The van der Waals surface area contributed by atoms with E-state index in [4.69, 9.17) is 4.74 Å². The minimum absolute atomic E-state index is 0.0193. The van der Waals surface area contributed by atoms with Crippen molar-refractivity contribution >= 4 is 12.1 Å². The fourth-order valence-corrected chi connectivity index (χ4v) is 5.31. The van der Waals surface area contributed by atoms with E-state index in [1.54, 1.807) is 0 Å². The Morgan fingerprint density at radius 2 is 1.55 bits per heavy atom. The Morgan fingerprint density at radius 3 is 2.06 bits per heavy atom. The van der Waals surface area contributed by atoms with Crippen molar-refractivity contribution in [3.05, 3.63) is 59.7 Å². The lowest BCUT2D eigenvalue weighted by molar-refractivity contribution is -0.145. The van der Waals surface area contributed by atoms with Crippen LogP contribution in [0.4, 0.5) is 4.79 Å². The molecule has 2 aliphatic rings. The van der Waals surface area contributed by atoms with Crippen LogP contribution < -0.4 is 0 Å². The highest BCUT2D eigenvalue weighted by Gasteiger charge is 2.38. The fourth-order valence-electron chi connectivity index (χ4n) is 5.31. The second-order valence-electron chi connectivity index (χ2n) is 8.89. The zero-order valence-electron chi connectivity index (χ0n) is 18.3. The first-order valence-electron chi connectivity index (χ1n) is 11.4. The van der Waals surface area contributed by atoms with Gasteiger partial charge in [-0.3, -0.25) is 4.90 Å². The average molecular weight is 422 g/mol. The van der Waals surface area contributed by atoms with Crippen LogP contribution in [0.5, 0.6) is 0 Å². The Bertz CT molecular complexity index is 902. The molecule has 31 heavy (non-hydrogen) atoms. The fraction of sp³-hybridized carbons (Fsp3) is 0.462. The predicted molar refractivity (Wildman–Crippen MR) is 120 cm³/mol. The van der Waals surface area contributed by atoms with Crippen LogP contribution in [0, 0.1) is 11.8 Å². The number of fused-ring (bicyclic) bond motifs is 3. The van der Waals surface area contributed by atoms with Gasteiger partial charge in [0.05, 0.1) is 0 Å². The van der Waals surface area contributed by atoms with Crippen LogP contribution >= 0.6 is 0 Å². The zero-order chi connectivity index (χ0) is 22.0. The Labute approximate surface area is 184 Å². The van der Waals surface area contributed by atoms with Gasteiger partial charge in [0.25, 0.3) is 0 Å². The summed E-state index contributed by atoms with van der Waals surface area (Å²) in [7, 11) is 0. The van der Waals surface area contributed by atoms with E-state index in [0.29, 0.717) is 12.5 Å². The van der Waals surface area contributed by atoms with Crippen molar-refractivity contribution in [1.82, 2.24) is 4.90 Å². The molecule has 1 unspecified atom stereocenters. The first kappa shape index (κ1) is 21.4. The molecule has 0 aliphatic heterocycles. The number of nitrogens with zero attached hydrogens (tertiary/aromatic N) is 1. The van der Waals surface area contributed by atoms with Gasteiger partial charge < -0.3 is 9.84 Å². The van der Waals surface area contributed by atoms with E-state index in [1.165, 1.54) is 16.0 Å². The molecule has 5 heteroatoms. The molecule has 0 heterocycles. The number of aliphatic carboxylic acids is 1. The van der Waals surface area contributed by atoms with Crippen LogP contribution in [0.2, 0.25) is 0 Å². The summed E-state index contributed by atoms with van der Waals surface area (Å²) in [5.41, 5.74) is 4.64. The van der Waals surface area contributed by atoms with Crippen molar-refractivity contribution in [3.63, 3.8) is 0 Å². The number of carbonyl (C=O) groups excluding carboxylic acids is 1. The summed E-state index contributed by atoms with van der Waals surface area (Å²) in [6.07, 6.45) is 3.17. The molecule has 2 aromatic carbocycles. The largest absolute Gasteiger partial charge is 0.480 e. The lowest BCUT2D eigenvalue weighted by atomic mass is 9.79. The number of carboxylic acid groups (broad SMARTS) is 1. The van der Waals surface area contributed by atoms with E-state index in [-0.39, 0.29) is 18.4 Å². The highest BCUT2D eigenvalue weighted by atomic mass is 16.6. The van der Waals surface area contributed by atoms with Crippen molar-refractivity contribution in [2.45, 2.75) is 51.5 Å². The molecule has 0 bridgehead atoms. The van der Waals surface area contributed by atoms with Gasteiger partial charge in [0.2, 0.25) is 0 Å². The molecule has 1 amide bonds. The third-order valence-corrected chi connectivity index (χ3v) is 7.01.